The van der Waals surface area contributed by atoms with Gasteiger partial charge in [0.05, 0.1) is 89.7 Å². The zero-order valence-corrected chi connectivity index (χ0v) is 78.1. The van der Waals surface area contributed by atoms with Crippen LogP contribution in [0.5, 0.6) is 11.5 Å². The Morgan fingerprint density at radius 2 is 0.844 bits per heavy atom. The van der Waals surface area contributed by atoms with E-state index in [2.05, 4.69) is 99.8 Å². The first-order valence-electron chi connectivity index (χ1n) is 35.2. The fourth-order valence-corrected chi connectivity index (χ4v) is 14.0. The van der Waals surface area contributed by atoms with Gasteiger partial charge in [-0.1, -0.05) is 151 Å². The normalized spacial score (nSPS) is 10.6. The van der Waals surface area contributed by atoms with Gasteiger partial charge >= 0.3 is 36.0 Å². The number of carboxylic acid groups (broad SMARTS) is 4. The van der Waals surface area contributed by atoms with Crippen molar-refractivity contribution in [3.05, 3.63) is 228 Å². The zero-order chi connectivity index (χ0) is 94.1. The van der Waals surface area contributed by atoms with Crippen molar-refractivity contribution in [3.8, 4) is 57.1 Å². The lowest BCUT2D eigenvalue weighted by Crippen LogP contribution is -2.37. The molecule has 672 valence electrons. The average Bonchev–Trinajstić information content (AvgIpc) is 1.66. The van der Waals surface area contributed by atoms with E-state index in [1.807, 2.05) is 74.8 Å². The first-order valence-corrected chi connectivity index (χ1v) is 42.2. The van der Waals surface area contributed by atoms with E-state index in [-0.39, 0.29) is 39.3 Å². The van der Waals surface area contributed by atoms with E-state index in [0.29, 0.717) is 111 Å². The van der Waals surface area contributed by atoms with E-state index in [4.69, 9.17) is 168 Å². The standard InChI is InChI=1S/C22H20Cl2N6O3S.C20H16Cl2N6O3S.C12H8Cl2N6O2S.C9H7Cl2N3S.C7H4Cl2O2.C2HF3O2.C2H7N3S/c1-4-33-21(31)18-20(30(28-25-18)12-13-5-8-15(32-3)9-6-13)34-22-27-26-19(29(22)2)14-7-10-16(23)17(24)11-14;1-27-17(12-5-8-14(21)15(22)9-12)24-25-20(27)32-18-16(19(29)30)23-26-28(18)10-11-3-6-13(31-2)7-4-11;1-20-9(5-2-3-6(13)7(14)4-5)16-18-12(20)23-10-8(11(21)22)15-19-17-10;1-14-8(12-13-9(14)15)5-2-3-6(10)7(11)4-5;8-5-2-1-4(7(10)11)3-6(5)9;3-2(4,5)1(6)7;1-4-2(6)5-3/h5-11H,4,12H2,1-3H3;3-9H,10H2,1-2H3,(H,29,30);2-4H,1H3,(H,21,22)(H,15,17,19);2-4H,1H3,(H,13,15);1-3H,(H,10,11);(H,6,7);3H2,1H3,(H2,4,5,6). The first kappa shape index (κ1) is 102. The van der Waals surface area contributed by atoms with Gasteiger partial charge in [-0.25, -0.2) is 39.2 Å². The maximum Gasteiger partial charge on any atom is 0.490 e. The van der Waals surface area contributed by atoms with Crippen molar-refractivity contribution in [1.29, 1.82) is 0 Å². The number of nitrogens with zero attached hydrogens (tertiary/aromatic N) is 19. The van der Waals surface area contributed by atoms with Crippen LogP contribution in [0.1, 0.15) is 59.9 Å². The Morgan fingerprint density at radius 1 is 0.477 bits per heavy atom. The van der Waals surface area contributed by atoms with Crippen LogP contribution in [0.15, 0.2) is 170 Å². The topological polar surface area (TPSA) is 473 Å². The van der Waals surface area contributed by atoms with Crippen LogP contribution in [-0.4, -0.2) is 194 Å². The molecule has 14 rings (SSSR count). The molecule has 0 saturated heterocycles. The molecule has 0 atom stereocenters. The number of H-pyrrole nitrogens is 2. The lowest BCUT2D eigenvalue weighted by atomic mass is 10.2. The van der Waals surface area contributed by atoms with Crippen molar-refractivity contribution in [1.82, 2.24) is 115 Å². The number of hydrogen-bond acceptors (Lipinski definition) is 27. The van der Waals surface area contributed by atoms with Crippen molar-refractivity contribution in [3.63, 3.8) is 0 Å². The number of aromatic carboxylic acids is 3. The smallest absolute Gasteiger partial charge is 0.490 e. The molecule has 0 aliphatic rings. The summed E-state index contributed by atoms with van der Waals surface area (Å²) < 4.78 is 58.0. The Bertz CT molecular complexity index is 6360. The van der Waals surface area contributed by atoms with Gasteiger partial charge in [-0.2, -0.15) is 23.5 Å². The lowest BCUT2D eigenvalue weighted by molar-refractivity contribution is -0.192. The van der Waals surface area contributed by atoms with Gasteiger partial charge in [0.2, 0.25) is 17.1 Å². The fraction of sp³-hybridized carbons (Fsp3) is 0.162. The molecule has 0 radical (unpaired) electrons. The number of nitrogens with two attached hydrogens (primary N) is 1. The Labute approximate surface area is 795 Å². The van der Waals surface area contributed by atoms with Gasteiger partial charge in [-0.05, 0) is 193 Å². The number of benzene rings is 7. The molecule has 0 amide bonds. The number of ether oxygens (including phenoxy) is 3. The molecule has 0 unspecified atom stereocenters. The highest BCUT2D eigenvalue weighted by Crippen LogP contribution is 2.38. The summed E-state index contributed by atoms with van der Waals surface area (Å²) in [6, 6.07) is 40.0. The summed E-state index contributed by atoms with van der Waals surface area (Å²) in [5, 5.41) is 102. The van der Waals surface area contributed by atoms with Crippen LogP contribution in [-0.2, 0) is 50.8 Å². The fourth-order valence-electron chi connectivity index (χ4n) is 9.79. The van der Waals surface area contributed by atoms with Crippen LogP contribution in [0.25, 0.3) is 45.6 Å². The number of alkyl halides is 3. The number of halogens is 13. The molecule has 0 spiro atoms. The second-order valence-electron chi connectivity index (χ2n) is 24.6. The molecule has 0 saturated carbocycles. The number of nitrogens with one attached hydrogen (secondary N) is 4. The van der Waals surface area contributed by atoms with E-state index in [1.54, 1.807) is 126 Å². The van der Waals surface area contributed by atoms with Gasteiger partial charge in [0.1, 0.15) is 21.6 Å². The molecule has 7 heterocycles. The van der Waals surface area contributed by atoms with Crippen LogP contribution in [0.3, 0.4) is 0 Å². The SMILES string of the molecule is CCOC(=O)c1nnn(Cc2ccc(OC)cc2)c1Sc1nnc(-c2ccc(Cl)c(Cl)c2)n1C.CNC(=S)NN.COc1ccc(Cn2nnc(C(=O)O)c2Sc2nnc(-c3ccc(Cl)c(Cl)c3)n2C)cc1.Cn1c(-c2ccc(Cl)c(Cl)c2)n[nH]c1=S.Cn1c(Sc2n[nH]nc2C(=O)O)nnc1-c1ccc(Cl)c(Cl)c1.O=C(O)C(F)(F)F.O=C(O)c1ccc(Cl)c(Cl)c1. The number of hydrazine groups is 1. The average molecular weight is 2050 g/mol. The molecule has 14 aromatic rings. The quantitative estimate of drug-likeness (QED) is 0.0140. The van der Waals surface area contributed by atoms with Crippen molar-refractivity contribution in [2.24, 2.45) is 34.0 Å². The minimum absolute atomic E-state index is 0.111. The summed E-state index contributed by atoms with van der Waals surface area (Å²) in [7, 11) is 12.1. The second kappa shape index (κ2) is 47.9. The van der Waals surface area contributed by atoms with Crippen molar-refractivity contribution in [2.45, 2.75) is 56.7 Å². The number of carbonyl (C=O) groups excluding carboxylic acids is 1. The Kier molecular flexibility index (Phi) is 38.4. The summed E-state index contributed by atoms with van der Waals surface area (Å²) in [6.45, 7) is 2.67. The molecular formula is C74H63Cl10F3N24O12S5. The molecular weight excluding hydrogens is 1990 g/mol. The van der Waals surface area contributed by atoms with Crippen LogP contribution in [0, 0.1) is 4.77 Å². The number of rotatable bonds is 21. The van der Waals surface area contributed by atoms with Crippen LogP contribution >= 0.6 is 176 Å². The van der Waals surface area contributed by atoms with Crippen LogP contribution < -0.4 is 26.1 Å². The van der Waals surface area contributed by atoms with Crippen molar-refractivity contribution < 1.29 is 71.8 Å². The van der Waals surface area contributed by atoms with E-state index < -0.39 is 36.0 Å². The zero-order valence-electron chi connectivity index (χ0n) is 66.5. The largest absolute Gasteiger partial charge is 0.497 e. The predicted molar refractivity (Wildman–Crippen MR) is 482 cm³/mol. The third-order valence-electron chi connectivity index (χ3n) is 16.2. The first-order chi connectivity index (χ1) is 60.7. The molecule has 0 aliphatic heterocycles. The minimum Gasteiger partial charge on any atom is -0.497 e. The summed E-state index contributed by atoms with van der Waals surface area (Å²) in [6.07, 6.45) is -5.08. The summed E-state index contributed by atoms with van der Waals surface area (Å²) in [5.74, 6) is 2.06. The summed E-state index contributed by atoms with van der Waals surface area (Å²) in [4.78, 5) is 54.6. The van der Waals surface area contributed by atoms with E-state index >= 15 is 0 Å². The number of aromatic amines is 2. The van der Waals surface area contributed by atoms with E-state index in [1.165, 1.54) is 34.6 Å². The van der Waals surface area contributed by atoms with Gasteiger partial charge in [-0.3, -0.25) is 5.10 Å². The molecule has 0 fully saturated rings. The number of thiocarbonyl (C=S) groups is 1. The third kappa shape index (κ3) is 28.0. The van der Waals surface area contributed by atoms with Crippen molar-refractivity contribution in [2.75, 3.05) is 27.9 Å². The molecule has 0 aliphatic carbocycles. The Hall–Kier alpha value is -10.9. The summed E-state index contributed by atoms with van der Waals surface area (Å²) >= 11 is 72.0. The number of esters is 1. The number of methoxy groups -OCH3 is 2. The molecule has 10 N–H and O–H groups in total. The number of hydrogen-bond donors (Lipinski definition) is 9. The van der Waals surface area contributed by atoms with Crippen molar-refractivity contribution >= 4 is 211 Å². The molecule has 7 aromatic heterocycles. The highest BCUT2D eigenvalue weighted by Gasteiger charge is 2.38. The number of carbonyl (C=O) groups is 5. The molecule has 36 nitrogen and oxygen atoms in total. The van der Waals surface area contributed by atoms with Gasteiger partial charge in [0.15, 0.2) is 53.7 Å². The maximum atomic E-state index is 12.5. The maximum absolute atomic E-state index is 12.5. The molecule has 7 aromatic carbocycles. The predicted octanol–water partition coefficient (Wildman–Crippen LogP) is 17.5. The lowest BCUT2D eigenvalue weighted by Gasteiger charge is -2.09. The number of carboxylic acids is 4. The van der Waals surface area contributed by atoms with Gasteiger partial charge in [0, 0.05) is 57.5 Å². The highest BCUT2D eigenvalue weighted by atomic mass is 35.5. The number of aliphatic carboxylic acids is 1. The molecule has 0 bridgehead atoms. The molecule has 128 heavy (non-hydrogen) atoms. The third-order valence-corrected chi connectivity index (χ3v) is 23.8. The van der Waals surface area contributed by atoms with Gasteiger partial charge < -0.3 is 63.6 Å². The number of aromatic nitrogens is 21. The molecule has 54 heteroatoms. The van der Waals surface area contributed by atoms with Gasteiger partial charge in [-0.15, -0.1) is 51.0 Å². The monoisotopic (exact) mass is 2050 g/mol. The Morgan fingerprint density at radius 3 is 1.16 bits per heavy atom. The second-order valence-corrected chi connectivity index (χ2v) is 32.3. The van der Waals surface area contributed by atoms with E-state index in [0.717, 1.165) is 74.2 Å². The Balaban J connectivity index is 0.000000198. The van der Waals surface area contributed by atoms with Gasteiger partial charge in [0.25, 0.3) is 0 Å². The van der Waals surface area contributed by atoms with Crippen LogP contribution in [0.2, 0.25) is 50.2 Å². The summed E-state index contributed by atoms with van der Waals surface area (Å²) in [5.41, 5.74) is 7.10. The highest BCUT2D eigenvalue weighted by molar-refractivity contribution is 7.99. The minimum atomic E-state index is -5.08. The van der Waals surface area contributed by atoms with Crippen LogP contribution in [0.4, 0.5) is 13.2 Å². The van der Waals surface area contributed by atoms with E-state index in [9.17, 15) is 37.5 Å².